The van der Waals surface area contributed by atoms with E-state index in [0.29, 0.717) is 11.5 Å². The van der Waals surface area contributed by atoms with E-state index in [2.05, 4.69) is 10.1 Å². The van der Waals surface area contributed by atoms with Gasteiger partial charge in [-0.15, -0.1) is 0 Å². The van der Waals surface area contributed by atoms with Crippen LogP contribution in [0, 0.1) is 6.92 Å². The molecule has 2 aromatic rings. The van der Waals surface area contributed by atoms with E-state index in [9.17, 15) is 8.78 Å². The molecule has 0 amide bonds. The second-order valence-corrected chi connectivity index (χ2v) is 4.51. The van der Waals surface area contributed by atoms with Crippen LogP contribution in [0.4, 0.5) is 8.78 Å². The van der Waals surface area contributed by atoms with Crippen molar-refractivity contribution in [3.8, 4) is 5.69 Å². The van der Waals surface area contributed by atoms with Gasteiger partial charge in [-0.2, -0.15) is 5.10 Å². The zero-order chi connectivity index (χ0) is 13.3. The molecule has 5 heteroatoms. The van der Waals surface area contributed by atoms with E-state index < -0.39 is 6.43 Å². The van der Waals surface area contributed by atoms with Gasteiger partial charge in [-0.05, 0) is 30.5 Å². The van der Waals surface area contributed by atoms with E-state index in [1.807, 2.05) is 19.9 Å². The standard InChI is InChI=1S/C13H15F2N3/c1-8(2)10-4-5-12(11(6-10)13(14)15)18-7-16-9(3)17-18/h4-8,13H,1-3H3. The first-order valence-electron chi connectivity index (χ1n) is 5.79. The minimum atomic E-state index is -2.52. The summed E-state index contributed by atoms with van der Waals surface area (Å²) >= 11 is 0. The van der Waals surface area contributed by atoms with E-state index in [0.717, 1.165) is 5.56 Å². The molecule has 0 radical (unpaired) electrons. The van der Waals surface area contributed by atoms with Gasteiger partial charge in [0, 0.05) is 5.56 Å². The molecule has 18 heavy (non-hydrogen) atoms. The summed E-state index contributed by atoms with van der Waals surface area (Å²) in [5.74, 6) is 0.775. The number of hydrogen-bond acceptors (Lipinski definition) is 2. The molecule has 3 nitrogen and oxygen atoms in total. The van der Waals surface area contributed by atoms with Crippen LogP contribution < -0.4 is 0 Å². The maximum atomic E-state index is 13.1. The van der Waals surface area contributed by atoms with Crippen LogP contribution in [0.2, 0.25) is 0 Å². The number of benzene rings is 1. The molecule has 0 saturated heterocycles. The first kappa shape index (κ1) is 12.7. The molecule has 1 heterocycles. The van der Waals surface area contributed by atoms with Gasteiger partial charge in [0.1, 0.15) is 12.2 Å². The SMILES string of the molecule is Cc1ncn(-c2ccc(C(C)C)cc2C(F)F)n1. The lowest BCUT2D eigenvalue weighted by Gasteiger charge is -2.12. The summed E-state index contributed by atoms with van der Waals surface area (Å²) in [6.07, 6.45) is -1.07. The fraction of sp³-hybridized carbons (Fsp3) is 0.385. The number of halogens is 2. The summed E-state index contributed by atoms with van der Waals surface area (Å²) in [5, 5.41) is 4.07. The van der Waals surface area contributed by atoms with E-state index in [1.54, 1.807) is 19.1 Å². The van der Waals surface area contributed by atoms with Crippen LogP contribution in [0.3, 0.4) is 0 Å². The third kappa shape index (κ3) is 2.39. The Labute approximate surface area is 104 Å². The van der Waals surface area contributed by atoms with Crippen molar-refractivity contribution >= 4 is 0 Å². The lowest BCUT2D eigenvalue weighted by Crippen LogP contribution is -2.03. The summed E-state index contributed by atoms with van der Waals surface area (Å²) in [6, 6.07) is 5.06. The smallest absolute Gasteiger partial charge is 0.220 e. The maximum Gasteiger partial charge on any atom is 0.265 e. The Kier molecular flexibility index (Phi) is 3.41. The molecule has 0 N–H and O–H groups in total. The summed E-state index contributed by atoms with van der Waals surface area (Å²) < 4.78 is 27.6. The monoisotopic (exact) mass is 251 g/mol. The minimum absolute atomic E-state index is 0.00824. The average Bonchev–Trinajstić information content (AvgIpc) is 2.74. The lowest BCUT2D eigenvalue weighted by atomic mass is 10.00. The third-order valence-electron chi connectivity index (χ3n) is 2.81. The minimum Gasteiger partial charge on any atom is -0.220 e. The van der Waals surface area contributed by atoms with Gasteiger partial charge in [0.25, 0.3) is 6.43 Å². The Bertz CT molecular complexity index is 547. The zero-order valence-corrected chi connectivity index (χ0v) is 10.6. The molecule has 1 aromatic carbocycles. The molecular formula is C13H15F2N3. The molecule has 0 unspecified atom stereocenters. The van der Waals surface area contributed by atoms with Gasteiger partial charge in [-0.1, -0.05) is 19.9 Å². The van der Waals surface area contributed by atoms with Crippen molar-refractivity contribution in [2.45, 2.75) is 33.1 Å². The van der Waals surface area contributed by atoms with E-state index in [-0.39, 0.29) is 11.5 Å². The molecule has 0 aliphatic rings. The number of nitrogens with zero attached hydrogens (tertiary/aromatic N) is 3. The predicted octanol–water partition coefficient (Wildman–Crippen LogP) is 3.64. The van der Waals surface area contributed by atoms with Gasteiger partial charge >= 0.3 is 0 Å². The van der Waals surface area contributed by atoms with Crippen molar-refractivity contribution in [3.05, 3.63) is 41.5 Å². The van der Waals surface area contributed by atoms with Crippen molar-refractivity contribution in [2.75, 3.05) is 0 Å². The molecule has 0 atom stereocenters. The van der Waals surface area contributed by atoms with Crippen LogP contribution in [0.1, 0.15) is 43.1 Å². The average molecular weight is 251 g/mol. The quantitative estimate of drug-likeness (QED) is 0.833. The van der Waals surface area contributed by atoms with Crippen molar-refractivity contribution in [1.29, 1.82) is 0 Å². The Balaban J connectivity index is 2.53. The number of alkyl halides is 2. The van der Waals surface area contributed by atoms with Crippen molar-refractivity contribution in [3.63, 3.8) is 0 Å². The highest BCUT2D eigenvalue weighted by Crippen LogP contribution is 2.29. The molecule has 2 rings (SSSR count). The van der Waals surface area contributed by atoms with Crippen LogP contribution in [0.25, 0.3) is 5.69 Å². The highest BCUT2D eigenvalue weighted by molar-refractivity contribution is 5.44. The second-order valence-electron chi connectivity index (χ2n) is 4.51. The Morgan fingerprint density at radius 2 is 1.94 bits per heavy atom. The van der Waals surface area contributed by atoms with Crippen molar-refractivity contribution < 1.29 is 8.78 Å². The lowest BCUT2D eigenvalue weighted by molar-refractivity contribution is 0.151. The fourth-order valence-electron chi connectivity index (χ4n) is 1.78. The maximum absolute atomic E-state index is 13.1. The van der Waals surface area contributed by atoms with E-state index >= 15 is 0 Å². The van der Waals surface area contributed by atoms with Gasteiger partial charge in [-0.3, -0.25) is 0 Å². The van der Waals surface area contributed by atoms with Crippen LogP contribution in [0.15, 0.2) is 24.5 Å². The van der Waals surface area contributed by atoms with Gasteiger partial charge in [0.05, 0.1) is 5.69 Å². The molecule has 96 valence electrons. The first-order chi connectivity index (χ1) is 8.49. The van der Waals surface area contributed by atoms with Crippen molar-refractivity contribution in [1.82, 2.24) is 14.8 Å². The van der Waals surface area contributed by atoms with E-state index in [1.165, 1.54) is 11.0 Å². The summed E-state index contributed by atoms with van der Waals surface area (Å²) in [4.78, 5) is 3.96. The van der Waals surface area contributed by atoms with Crippen LogP contribution in [0.5, 0.6) is 0 Å². The Morgan fingerprint density at radius 1 is 1.22 bits per heavy atom. The Morgan fingerprint density at radius 3 is 2.44 bits per heavy atom. The summed E-state index contributed by atoms with van der Waals surface area (Å²) in [5.41, 5.74) is 1.27. The molecule has 1 aromatic heterocycles. The molecule has 0 saturated carbocycles. The summed E-state index contributed by atoms with van der Waals surface area (Å²) in [7, 11) is 0. The normalized spacial score (nSPS) is 11.5. The van der Waals surface area contributed by atoms with Crippen LogP contribution >= 0.6 is 0 Å². The highest BCUT2D eigenvalue weighted by Gasteiger charge is 2.16. The molecular weight excluding hydrogens is 236 g/mol. The molecule has 0 aliphatic heterocycles. The topological polar surface area (TPSA) is 30.7 Å². The molecule has 0 spiro atoms. The number of aromatic nitrogens is 3. The zero-order valence-electron chi connectivity index (χ0n) is 10.6. The van der Waals surface area contributed by atoms with Gasteiger partial charge in [0.15, 0.2) is 0 Å². The number of aryl methyl sites for hydroxylation is 1. The number of rotatable bonds is 3. The van der Waals surface area contributed by atoms with Gasteiger partial charge < -0.3 is 0 Å². The predicted molar refractivity (Wildman–Crippen MR) is 65.1 cm³/mol. The van der Waals surface area contributed by atoms with Gasteiger partial charge in [-0.25, -0.2) is 18.4 Å². The molecule has 0 aliphatic carbocycles. The highest BCUT2D eigenvalue weighted by atomic mass is 19.3. The third-order valence-corrected chi connectivity index (χ3v) is 2.81. The molecule has 0 bridgehead atoms. The summed E-state index contributed by atoms with van der Waals surface area (Å²) in [6.45, 7) is 5.68. The second kappa shape index (κ2) is 4.84. The molecule has 0 fully saturated rings. The Hall–Kier alpha value is -1.78. The van der Waals surface area contributed by atoms with Crippen LogP contribution in [-0.4, -0.2) is 14.8 Å². The first-order valence-corrected chi connectivity index (χ1v) is 5.79. The largest absolute Gasteiger partial charge is 0.265 e. The fourth-order valence-corrected chi connectivity index (χ4v) is 1.78. The number of hydrogen-bond donors (Lipinski definition) is 0. The van der Waals surface area contributed by atoms with Crippen LogP contribution in [-0.2, 0) is 0 Å². The van der Waals surface area contributed by atoms with Crippen molar-refractivity contribution in [2.24, 2.45) is 0 Å². The van der Waals surface area contributed by atoms with Gasteiger partial charge in [0.2, 0.25) is 0 Å². The van der Waals surface area contributed by atoms with E-state index in [4.69, 9.17) is 0 Å².